The number of ether oxygens (including phenoxy) is 1. The van der Waals surface area contributed by atoms with Crippen LogP contribution in [0.4, 0.5) is 4.79 Å². The number of hydrogen-bond donors (Lipinski definition) is 1. The molecule has 0 spiro atoms. The molecule has 1 aromatic carbocycles. The molecule has 2 aliphatic rings. The predicted molar refractivity (Wildman–Crippen MR) is 151 cm³/mol. The van der Waals surface area contributed by atoms with E-state index in [4.69, 9.17) is 4.74 Å². The first-order valence-corrected chi connectivity index (χ1v) is 12.6. The van der Waals surface area contributed by atoms with E-state index in [0.29, 0.717) is 19.0 Å². The summed E-state index contributed by atoms with van der Waals surface area (Å²) in [4.78, 5) is 26.7. The largest absolute Gasteiger partial charge is 2.00 e. The van der Waals surface area contributed by atoms with Gasteiger partial charge in [0.05, 0.1) is 6.10 Å². The van der Waals surface area contributed by atoms with Crippen molar-refractivity contribution in [1.29, 1.82) is 0 Å². The number of amides is 1. The number of carbonyl (C=O) groups is 2. The monoisotopic (exact) mass is 594 g/mol. The molecule has 3 rings (SSSR count). The fourth-order valence-electron chi connectivity index (χ4n) is 4.41. The molecule has 1 amide bonds. The zero-order valence-electron chi connectivity index (χ0n) is 23.1. The number of nitrogens with zero attached hydrogens (tertiary/aromatic N) is 2. The maximum atomic E-state index is 11.8. The van der Waals surface area contributed by atoms with Crippen LogP contribution in [0.25, 0.3) is 0 Å². The van der Waals surface area contributed by atoms with Gasteiger partial charge in [-0.15, -0.1) is 0 Å². The van der Waals surface area contributed by atoms with Crippen LogP contribution in [0.3, 0.4) is 0 Å². The Kier molecular flexibility index (Phi) is 23.4. The van der Waals surface area contributed by atoms with Crippen LogP contribution in [0.1, 0.15) is 79.2 Å². The van der Waals surface area contributed by atoms with Crippen molar-refractivity contribution in [3.05, 3.63) is 43.3 Å². The minimum atomic E-state index is -0.472. The number of aliphatic hydroxyl groups is 1. The van der Waals surface area contributed by atoms with Crippen LogP contribution in [-0.2, 0) is 16.1 Å². The normalized spacial score (nSPS) is 20.8. The second kappa shape index (κ2) is 21.2. The average molecular weight is 596 g/mol. The minimum absolute atomic E-state index is 0. The van der Waals surface area contributed by atoms with Gasteiger partial charge in [-0.05, 0) is 71.4 Å². The van der Waals surface area contributed by atoms with E-state index in [1.165, 1.54) is 24.8 Å². The molecular formula is C29H51BrMgN2O4. The number of likely N-dealkylation sites (tertiary alicyclic amines) is 2. The van der Waals surface area contributed by atoms with E-state index >= 15 is 0 Å². The van der Waals surface area contributed by atoms with E-state index in [0.717, 1.165) is 45.2 Å². The van der Waals surface area contributed by atoms with E-state index < -0.39 is 5.60 Å². The van der Waals surface area contributed by atoms with Gasteiger partial charge < -0.3 is 43.9 Å². The standard InChI is InChI=1S/C15H23NO.C12H21NO3.CH4.CH3.BrH.Mg/c1-13(17)15-9-5-6-10-16(12-15)11-14-7-3-2-4-8-14;1-12(2,3)16-11(15)13-7-5-4-6-10(8-13)9-14;;;;/h2-4,7-8,13,15,17H,5-6,9-12H2,1H3;9-10H,4-8H2,1-3H3;1H4;1H3;1H;/q;;;-1;;+2/p-1. The van der Waals surface area contributed by atoms with E-state index in [-0.39, 0.29) is 73.0 Å². The van der Waals surface area contributed by atoms with Crippen LogP contribution in [0, 0.1) is 19.3 Å². The molecule has 0 saturated carbocycles. The van der Waals surface area contributed by atoms with Crippen molar-refractivity contribution >= 4 is 35.4 Å². The smallest absolute Gasteiger partial charge is 1.00 e. The Morgan fingerprint density at radius 2 is 1.68 bits per heavy atom. The minimum Gasteiger partial charge on any atom is -1.00 e. The van der Waals surface area contributed by atoms with Gasteiger partial charge in [0.15, 0.2) is 0 Å². The summed E-state index contributed by atoms with van der Waals surface area (Å²) in [6.07, 6.45) is 6.98. The van der Waals surface area contributed by atoms with Gasteiger partial charge in [-0.1, -0.05) is 50.6 Å². The molecule has 1 aromatic rings. The van der Waals surface area contributed by atoms with E-state index in [1.54, 1.807) is 4.90 Å². The van der Waals surface area contributed by atoms with Gasteiger partial charge in [-0.3, -0.25) is 4.90 Å². The van der Waals surface area contributed by atoms with Crippen LogP contribution >= 0.6 is 0 Å². The number of rotatable bonds is 4. The van der Waals surface area contributed by atoms with Gasteiger partial charge in [0, 0.05) is 32.1 Å². The first kappa shape index (κ1) is 40.8. The van der Waals surface area contributed by atoms with Gasteiger partial charge in [0.25, 0.3) is 0 Å². The number of carbonyl (C=O) groups excluding carboxylic acids is 2. The van der Waals surface area contributed by atoms with Gasteiger partial charge >= 0.3 is 29.1 Å². The summed E-state index contributed by atoms with van der Waals surface area (Å²) in [7, 11) is 0. The van der Waals surface area contributed by atoms with Crippen molar-refractivity contribution in [1.82, 2.24) is 9.80 Å². The molecule has 1 N–H and O–H groups in total. The summed E-state index contributed by atoms with van der Waals surface area (Å²) in [5, 5.41) is 9.76. The molecule has 3 unspecified atom stereocenters. The zero-order chi connectivity index (χ0) is 24.3. The molecule has 2 saturated heterocycles. The van der Waals surface area contributed by atoms with Crippen molar-refractivity contribution in [3.8, 4) is 0 Å². The second-order valence-electron chi connectivity index (χ2n) is 10.5. The summed E-state index contributed by atoms with van der Waals surface area (Å²) in [5.74, 6) is 0.413. The summed E-state index contributed by atoms with van der Waals surface area (Å²) in [6, 6.07) is 10.6. The molecular weight excluding hydrogens is 545 g/mol. The Morgan fingerprint density at radius 1 is 1.08 bits per heavy atom. The number of aliphatic hydroxyl groups excluding tert-OH is 1. The number of aldehydes is 1. The topological polar surface area (TPSA) is 70.1 Å². The summed E-state index contributed by atoms with van der Waals surface area (Å²) in [6.45, 7) is 11.9. The van der Waals surface area contributed by atoms with Crippen LogP contribution < -0.4 is 17.0 Å². The van der Waals surface area contributed by atoms with E-state index in [9.17, 15) is 14.7 Å². The van der Waals surface area contributed by atoms with E-state index in [1.807, 2.05) is 27.7 Å². The molecule has 6 nitrogen and oxygen atoms in total. The van der Waals surface area contributed by atoms with Crippen molar-refractivity contribution < 1.29 is 36.4 Å². The van der Waals surface area contributed by atoms with Crippen LogP contribution in [0.15, 0.2) is 30.3 Å². The van der Waals surface area contributed by atoms with Gasteiger partial charge in [0.1, 0.15) is 11.9 Å². The molecule has 2 aliphatic heterocycles. The number of hydrogen-bond acceptors (Lipinski definition) is 5. The van der Waals surface area contributed by atoms with Crippen LogP contribution in [0.5, 0.6) is 0 Å². The quantitative estimate of drug-likeness (QED) is 0.329. The molecule has 0 aromatic heterocycles. The predicted octanol–water partition coefficient (Wildman–Crippen LogP) is 2.60. The van der Waals surface area contributed by atoms with Crippen LogP contribution in [0.2, 0.25) is 0 Å². The molecule has 2 heterocycles. The summed E-state index contributed by atoms with van der Waals surface area (Å²) in [5.41, 5.74) is 0.902. The number of halogens is 1. The molecule has 2 fully saturated rings. The first-order valence-electron chi connectivity index (χ1n) is 12.6. The fraction of sp³-hybridized carbons (Fsp3) is 0.690. The van der Waals surface area contributed by atoms with Gasteiger partial charge in [-0.25, -0.2) is 4.79 Å². The third kappa shape index (κ3) is 16.8. The Balaban J connectivity index is -0.000000565. The van der Waals surface area contributed by atoms with Crippen molar-refractivity contribution in [2.45, 2.75) is 91.9 Å². The first-order chi connectivity index (χ1) is 15.7. The van der Waals surface area contributed by atoms with Gasteiger partial charge in [-0.2, -0.15) is 0 Å². The molecule has 8 heteroatoms. The summed E-state index contributed by atoms with van der Waals surface area (Å²) < 4.78 is 5.30. The van der Waals surface area contributed by atoms with Crippen LogP contribution in [-0.4, -0.2) is 88.2 Å². The Labute approximate surface area is 253 Å². The third-order valence-electron chi connectivity index (χ3n) is 6.28. The molecule has 0 radical (unpaired) electrons. The molecule has 3 atom stereocenters. The maximum absolute atomic E-state index is 11.8. The summed E-state index contributed by atoms with van der Waals surface area (Å²) >= 11 is 0. The Morgan fingerprint density at radius 3 is 2.24 bits per heavy atom. The molecule has 0 aliphatic carbocycles. The third-order valence-corrected chi connectivity index (χ3v) is 6.28. The molecule has 0 bridgehead atoms. The maximum Gasteiger partial charge on any atom is 2.00 e. The van der Waals surface area contributed by atoms with Crippen molar-refractivity contribution in [2.75, 3.05) is 26.2 Å². The van der Waals surface area contributed by atoms with Crippen molar-refractivity contribution in [2.24, 2.45) is 11.8 Å². The number of benzene rings is 1. The van der Waals surface area contributed by atoms with Crippen molar-refractivity contribution in [3.63, 3.8) is 0 Å². The Hall–Kier alpha value is -0.674. The molecule has 210 valence electrons. The van der Waals surface area contributed by atoms with Gasteiger partial charge in [0.2, 0.25) is 0 Å². The Bertz CT molecular complexity index is 716. The van der Waals surface area contributed by atoms with E-state index in [2.05, 4.69) is 35.2 Å². The fourth-order valence-corrected chi connectivity index (χ4v) is 4.41. The average Bonchev–Trinajstić information content (AvgIpc) is 3.15. The SMILES string of the molecule is C.CC(C)(C)OC(=O)N1CCCCC(C=O)C1.CC(O)C1CCCCN(Cc2ccccc2)C1.[Br-].[CH3-].[Mg+2]. The zero-order valence-corrected chi connectivity index (χ0v) is 26.1. The molecule has 37 heavy (non-hydrogen) atoms. The second-order valence-corrected chi connectivity index (χ2v) is 10.5.